The third-order valence-electron chi connectivity index (χ3n) is 3.98. The third-order valence-corrected chi connectivity index (χ3v) is 5.34. The van der Waals surface area contributed by atoms with Crippen molar-refractivity contribution in [3.8, 4) is 10.6 Å². The number of thiophene rings is 1. The molecule has 0 bridgehead atoms. The molecule has 4 N–H and O–H groups in total. The summed E-state index contributed by atoms with van der Waals surface area (Å²) in [6.45, 7) is 0.351. The van der Waals surface area contributed by atoms with Gasteiger partial charge in [-0.15, -0.1) is 11.3 Å². The number of rotatable bonds is 7. The first-order valence-corrected chi connectivity index (χ1v) is 9.65. The number of hydrogen-bond acceptors (Lipinski definition) is 6. The molecule has 0 aliphatic carbocycles. The molecule has 6 nitrogen and oxygen atoms in total. The Morgan fingerprint density at radius 2 is 2.00 bits per heavy atom. The zero-order valence-electron chi connectivity index (χ0n) is 14.8. The van der Waals surface area contributed by atoms with Crippen molar-refractivity contribution in [3.63, 3.8) is 0 Å². The molecule has 0 spiro atoms. The summed E-state index contributed by atoms with van der Waals surface area (Å²) >= 11 is 7.30. The van der Waals surface area contributed by atoms with Crippen LogP contribution in [-0.4, -0.2) is 35.5 Å². The van der Waals surface area contributed by atoms with Crippen molar-refractivity contribution in [1.82, 2.24) is 15.3 Å². The number of nitrogens with one attached hydrogen (secondary N) is 2. The van der Waals surface area contributed by atoms with E-state index in [1.165, 1.54) is 11.3 Å². The number of amides is 1. The summed E-state index contributed by atoms with van der Waals surface area (Å²) in [5, 5.41) is 6.59. The van der Waals surface area contributed by atoms with E-state index in [-0.39, 0.29) is 11.9 Å². The number of nitrogens with two attached hydrogens (primary N) is 1. The molecule has 3 aromatic rings. The highest BCUT2D eigenvalue weighted by atomic mass is 35.5. The fraction of sp³-hybridized carbons (Fsp3) is 0.211. The highest BCUT2D eigenvalue weighted by molar-refractivity contribution is 7.17. The average Bonchev–Trinajstić information content (AvgIpc) is 3.19. The predicted octanol–water partition coefficient (Wildman–Crippen LogP) is 3.20. The van der Waals surface area contributed by atoms with E-state index in [1.54, 1.807) is 19.3 Å². The Kier molecular flexibility index (Phi) is 6.39. The van der Waals surface area contributed by atoms with Crippen molar-refractivity contribution in [2.75, 3.05) is 18.9 Å². The summed E-state index contributed by atoms with van der Waals surface area (Å²) in [6.07, 6.45) is 2.33. The smallest absolute Gasteiger partial charge is 0.261 e. The van der Waals surface area contributed by atoms with Gasteiger partial charge in [-0.2, -0.15) is 0 Å². The highest BCUT2D eigenvalue weighted by Gasteiger charge is 2.16. The molecule has 1 unspecified atom stereocenters. The zero-order chi connectivity index (χ0) is 19.2. The van der Waals surface area contributed by atoms with Crippen LogP contribution in [0, 0.1) is 0 Å². The summed E-state index contributed by atoms with van der Waals surface area (Å²) in [6, 6.07) is 12.9. The molecule has 2 heterocycles. The number of anilines is 1. The maximum atomic E-state index is 12.6. The molecule has 0 saturated heterocycles. The molecular formula is C19H20ClN5OS. The molecule has 1 atom stereocenters. The van der Waals surface area contributed by atoms with Crippen molar-refractivity contribution in [1.29, 1.82) is 0 Å². The van der Waals surface area contributed by atoms with Crippen LogP contribution in [-0.2, 0) is 6.42 Å². The Morgan fingerprint density at radius 1 is 1.22 bits per heavy atom. The molecule has 140 valence electrons. The Morgan fingerprint density at radius 3 is 2.70 bits per heavy atom. The van der Waals surface area contributed by atoms with Gasteiger partial charge in [0.25, 0.3) is 5.91 Å². The molecule has 3 rings (SSSR count). The second-order valence-electron chi connectivity index (χ2n) is 5.92. The lowest BCUT2D eigenvalue weighted by Crippen LogP contribution is -2.41. The van der Waals surface area contributed by atoms with Gasteiger partial charge >= 0.3 is 0 Å². The van der Waals surface area contributed by atoms with Crippen molar-refractivity contribution >= 4 is 34.8 Å². The van der Waals surface area contributed by atoms with Gasteiger partial charge in [0, 0.05) is 30.9 Å². The maximum Gasteiger partial charge on any atom is 0.261 e. The number of halogens is 1. The molecule has 8 heteroatoms. The standard InChI is InChI=1S/C19H20ClN5OS/c1-22-19-23-9-8-15(25-19)16-6-7-17(27-16)18(26)24-14(11-21)10-12-2-4-13(20)5-3-12/h2-9,14H,10-11,21H2,1H3,(H,24,26)(H,22,23,25). The molecule has 0 aliphatic rings. The topological polar surface area (TPSA) is 92.9 Å². The molecule has 0 aliphatic heterocycles. The van der Waals surface area contributed by atoms with Gasteiger partial charge in [-0.1, -0.05) is 23.7 Å². The van der Waals surface area contributed by atoms with Crippen LogP contribution >= 0.6 is 22.9 Å². The van der Waals surface area contributed by atoms with E-state index < -0.39 is 0 Å². The van der Waals surface area contributed by atoms with E-state index in [2.05, 4.69) is 20.6 Å². The number of nitrogens with zero attached hydrogens (tertiary/aromatic N) is 2. The lowest BCUT2D eigenvalue weighted by atomic mass is 10.1. The minimum atomic E-state index is -0.154. The zero-order valence-corrected chi connectivity index (χ0v) is 16.3. The van der Waals surface area contributed by atoms with Crippen LogP contribution in [0.15, 0.2) is 48.7 Å². The monoisotopic (exact) mass is 401 g/mol. The largest absolute Gasteiger partial charge is 0.357 e. The van der Waals surface area contributed by atoms with Crippen molar-refractivity contribution < 1.29 is 4.79 Å². The van der Waals surface area contributed by atoms with Crippen LogP contribution < -0.4 is 16.4 Å². The van der Waals surface area contributed by atoms with E-state index in [1.807, 2.05) is 36.4 Å². The molecule has 2 aromatic heterocycles. The van der Waals surface area contributed by atoms with Gasteiger partial charge in [0.1, 0.15) is 0 Å². The number of carbonyl (C=O) groups excluding carboxylic acids is 1. The van der Waals surface area contributed by atoms with Crippen LogP contribution in [0.3, 0.4) is 0 Å². The molecule has 1 amide bonds. The molecular weight excluding hydrogens is 382 g/mol. The van der Waals surface area contributed by atoms with Crippen LogP contribution in [0.2, 0.25) is 5.02 Å². The number of benzene rings is 1. The minimum absolute atomic E-state index is 0.140. The van der Waals surface area contributed by atoms with E-state index >= 15 is 0 Å². The SMILES string of the molecule is CNc1nccc(-c2ccc(C(=O)NC(CN)Cc3ccc(Cl)cc3)s2)n1. The van der Waals surface area contributed by atoms with Gasteiger partial charge < -0.3 is 16.4 Å². The summed E-state index contributed by atoms with van der Waals surface area (Å²) < 4.78 is 0. The summed E-state index contributed by atoms with van der Waals surface area (Å²) in [5.74, 6) is 0.400. The highest BCUT2D eigenvalue weighted by Crippen LogP contribution is 2.27. The van der Waals surface area contributed by atoms with Crippen LogP contribution in [0.1, 0.15) is 15.2 Å². The van der Waals surface area contributed by atoms with Crippen LogP contribution in [0.25, 0.3) is 10.6 Å². The third kappa shape index (κ3) is 5.03. The molecule has 27 heavy (non-hydrogen) atoms. The van der Waals surface area contributed by atoms with Gasteiger partial charge in [-0.25, -0.2) is 9.97 Å². The number of aromatic nitrogens is 2. The van der Waals surface area contributed by atoms with Gasteiger partial charge in [-0.3, -0.25) is 4.79 Å². The normalized spacial score (nSPS) is 11.8. The van der Waals surface area contributed by atoms with Crippen LogP contribution in [0.5, 0.6) is 0 Å². The Labute approximate surface area is 166 Å². The Bertz CT molecular complexity index is 912. The fourth-order valence-corrected chi connectivity index (χ4v) is 3.57. The predicted molar refractivity (Wildman–Crippen MR) is 110 cm³/mol. The van der Waals surface area contributed by atoms with Gasteiger partial charge in [0.2, 0.25) is 5.95 Å². The second kappa shape index (κ2) is 8.94. The first-order valence-electron chi connectivity index (χ1n) is 8.45. The van der Waals surface area contributed by atoms with E-state index in [4.69, 9.17) is 17.3 Å². The van der Waals surface area contributed by atoms with E-state index in [0.717, 1.165) is 16.1 Å². The summed E-state index contributed by atoms with van der Waals surface area (Å²) in [5.41, 5.74) is 7.69. The average molecular weight is 402 g/mol. The van der Waals surface area contributed by atoms with Crippen molar-refractivity contribution in [2.45, 2.75) is 12.5 Å². The molecule has 0 fully saturated rings. The fourth-order valence-electron chi connectivity index (χ4n) is 2.57. The Hall–Kier alpha value is -2.48. The lowest BCUT2D eigenvalue weighted by molar-refractivity contribution is 0.0942. The maximum absolute atomic E-state index is 12.6. The van der Waals surface area contributed by atoms with E-state index in [9.17, 15) is 4.79 Å². The number of carbonyl (C=O) groups is 1. The quantitative estimate of drug-likeness (QED) is 0.565. The van der Waals surface area contributed by atoms with Gasteiger partial charge in [-0.05, 0) is 42.3 Å². The van der Waals surface area contributed by atoms with Crippen LogP contribution in [0.4, 0.5) is 5.95 Å². The first-order chi connectivity index (χ1) is 13.1. The first kappa shape index (κ1) is 19.3. The molecule has 0 saturated carbocycles. The summed E-state index contributed by atoms with van der Waals surface area (Å²) in [7, 11) is 1.76. The molecule has 0 radical (unpaired) electrons. The molecule has 1 aromatic carbocycles. The Balaban J connectivity index is 1.68. The van der Waals surface area contributed by atoms with Gasteiger partial charge in [0.05, 0.1) is 15.4 Å². The van der Waals surface area contributed by atoms with Crippen molar-refractivity contribution in [3.05, 3.63) is 64.1 Å². The van der Waals surface area contributed by atoms with E-state index in [0.29, 0.717) is 28.8 Å². The number of hydrogen-bond donors (Lipinski definition) is 3. The lowest BCUT2D eigenvalue weighted by Gasteiger charge is -2.16. The second-order valence-corrected chi connectivity index (χ2v) is 7.44. The summed E-state index contributed by atoms with van der Waals surface area (Å²) in [4.78, 5) is 22.6. The minimum Gasteiger partial charge on any atom is -0.357 e. The van der Waals surface area contributed by atoms with Gasteiger partial charge in [0.15, 0.2) is 0 Å². The van der Waals surface area contributed by atoms with Crippen molar-refractivity contribution in [2.24, 2.45) is 5.73 Å².